The van der Waals surface area contributed by atoms with Gasteiger partial charge >= 0.3 is 0 Å². The van der Waals surface area contributed by atoms with E-state index in [1.807, 2.05) is 44.6 Å². The maximum absolute atomic E-state index is 10.5. The molecule has 0 bridgehead atoms. The molecule has 5 nitrogen and oxygen atoms in total. The summed E-state index contributed by atoms with van der Waals surface area (Å²) in [5, 5.41) is 0. The smallest absolute Gasteiger partial charge is 0.282 e. The predicted molar refractivity (Wildman–Crippen MR) is 83.9 cm³/mol. The SMILES string of the molecule is C[n+]1ccnc2ccccc21.Cc1ccc(S(=O)(=O)O)cc1. The molecule has 0 aliphatic carbocycles. The molecule has 0 radical (unpaired) electrons. The minimum Gasteiger partial charge on any atom is -0.282 e. The molecule has 2 aromatic carbocycles. The van der Waals surface area contributed by atoms with E-state index in [0.717, 1.165) is 16.6 Å². The first-order chi connectivity index (χ1) is 10.4. The van der Waals surface area contributed by atoms with E-state index in [-0.39, 0.29) is 4.90 Å². The number of aromatic nitrogens is 2. The van der Waals surface area contributed by atoms with Crippen LogP contribution in [0.5, 0.6) is 0 Å². The highest BCUT2D eigenvalue weighted by molar-refractivity contribution is 7.85. The number of aryl methyl sites for hydroxylation is 2. The van der Waals surface area contributed by atoms with Crippen LogP contribution in [0, 0.1) is 6.92 Å². The maximum atomic E-state index is 10.5. The van der Waals surface area contributed by atoms with Crippen molar-refractivity contribution < 1.29 is 17.5 Å². The lowest BCUT2D eigenvalue weighted by atomic mass is 10.2. The van der Waals surface area contributed by atoms with Crippen LogP contribution in [-0.2, 0) is 17.2 Å². The molecule has 1 aromatic heterocycles. The second kappa shape index (κ2) is 6.64. The lowest BCUT2D eigenvalue weighted by Crippen LogP contribution is -2.28. The standard InChI is InChI=1S/C9H9N2.C7H8O3S/c1-11-7-6-10-8-4-2-3-5-9(8)11;1-6-2-4-7(5-3-6)11(8,9)10/h2-7H,1H3;2-5H,1H3,(H,8,9,10)/q+1;. The zero-order valence-electron chi connectivity index (χ0n) is 12.3. The van der Waals surface area contributed by atoms with E-state index < -0.39 is 10.1 Å². The second-order valence-electron chi connectivity index (χ2n) is 4.81. The van der Waals surface area contributed by atoms with E-state index in [9.17, 15) is 8.42 Å². The first-order valence-electron chi connectivity index (χ1n) is 6.61. The highest BCUT2D eigenvalue weighted by atomic mass is 32.2. The van der Waals surface area contributed by atoms with E-state index in [4.69, 9.17) is 4.55 Å². The van der Waals surface area contributed by atoms with Crippen molar-refractivity contribution in [3.63, 3.8) is 0 Å². The normalized spacial score (nSPS) is 10.9. The average molecular weight is 317 g/mol. The summed E-state index contributed by atoms with van der Waals surface area (Å²) in [7, 11) is -2.00. The average Bonchev–Trinajstić information content (AvgIpc) is 2.48. The van der Waals surface area contributed by atoms with Crippen molar-refractivity contribution in [3.8, 4) is 0 Å². The molecule has 0 atom stereocenters. The van der Waals surface area contributed by atoms with Gasteiger partial charge in [0.1, 0.15) is 12.6 Å². The molecule has 0 amide bonds. The summed E-state index contributed by atoms with van der Waals surface area (Å²) in [4.78, 5) is 4.15. The van der Waals surface area contributed by atoms with E-state index in [0.29, 0.717) is 0 Å². The zero-order chi connectivity index (χ0) is 16.2. The minimum absolute atomic E-state index is 0.0666. The minimum atomic E-state index is -4.02. The quantitative estimate of drug-likeness (QED) is 0.552. The molecule has 0 aliphatic heterocycles. The van der Waals surface area contributed by atoms with E-state index in [1.165, 1.54) is 12.1 Å². The van der Waals surface area contributed by atoms with Crippen molar-refractivity contribution in [2.24, 2.45) is 7.05 Å². The van der Waals surface area contributed by atoms with E-state index in [2.05, 4.69) is 15.6 Å². The van der Waals surface area contributed by atoms with Gasteiger partial charge in [0.15, 0.2) is 6.20 Å². The maximum Gasteiger partial charge on any atom is 0.294 e. The molecular weight excluding hydrogens is 300 g/mol. The largest absolute Gasteiger partial charge is 0.294 e. The van der Waals surface area contributed by atoms with Crippen LogP contribution in [0.15, 0.2) is 65.8 Å². The Labute approximate surface area is 129 Å². The Balaban J connectivity index is 0.000000160. The number of nitrogens with zero attached hydrogens (tertiary/aromatic N) is 2. The van der Waals surface area contributed by atoms with Crippen LogP contribution in [-0.4, -0.2) is 18.0 Å². The third kappa shape index (κ3) is 4.09. The third-order valence-corrected chi connectivity index (χ3v) is 3.95. The van der Waals surface area contributed by atoms with Crippen molar-refractivity contribution in [3.05, 3.63) is 66.5 Å². The van der Waals surface area contributed by atoms with Gasteiger partial charge in [-0.05, 0) is 25.1 Å². The first kappa shape index (κ1) is 16.1. The second-order valence-corrected chi connectivity index (χ2v) is 6.24. The molecule has 1 N–H and O–H groups in total. The Morgan fingerprint density at radius 2 is 1.68 bits per heavy atom. The van der Waals surface area contributed by atoms with Gasteiger partial charge in [-0.3, -0.25) is 4.55 Å². The number of hydrogen-bond donors (Lipinski definition) is 1. The fourth-order valence-corrected chi connectivity index (χ4v) is 2.36. The van der Waals surface area contributed by atoms with Gasteiger partial charge in [-0.25, -0.2) is 4.98 Å². The van der Waals surface area contributed by atoms with Gasteiger partial charge in [-0.15, -0.1) is 0 Å². The molecule has 114 valence electrons. The van der Waals surface area contributed by atoms with Crippen LogP contribution in [0.4, 0.5) is 0 Å². The number of rotatable bonds is 1. The van der Waals surface area contributed by atoms with Gasteiger partial charge in [0.2, 0.25) is 5.52 Å². The molecule has 0 unspecified atom stereocenters. The highest BCUT2D eigenvalue weighted by Gasteiger charge is 2.06. The summed E-state index contributed by atoms with van der Waals surface area (Å²) in [6.45, 7) is 1.84. The summed E-state index contributed by atoms with van der Waals surface area (Å²) in [5.74, 6) is 0. The van der Waals surface area contributed by atoms with Gasteiger partial charge in [0, 0.05) is 6.07 Å². The highest BCUT2D eigenvalue weighted by Crippen LogP contribution is 2.08. The molecule has 0 fully saturated rings. The molecule has 6 heteroatoms. The summed E-state index contributed by atoms with van der Waals surface area (Å²) in [6.07, 6.45) is 3.75. The van der Waals surface area contributed by atoms with Gasteiger partial charge in [-0.1, -0.05) is 29.8 Å². The van der Waals surface area contributed by atoms with Crippen LogP contribution in [0.25, 0.3) is 11.0 Å². The third-order valence-electron chi connectivity index (χ3n) is 3.08. The fourth-order valence-electron chi connectivity index (χ4n) is 1.88. The number of fused-ring (bicyclic) bond motifs is 1. The summed E-state index contributed by atoms with van der Waals surface area (Å²) in [6, 6.07) is 14.1. The van der Waals surface area contributed by atoms with E-state index >= 15 is 0 Å². The number of hydrogen-bond acceptors (Lipinski definition) is 3. The molecule has 3 aromatic rings. The Hall–Kier alpha value is -2.31. The molecule has 0 saturated carbocycles. The monoisotopic (exact) mass is 317 g/mol. The molecule has 0 aliphatic rings. The van der Waals surface area contributed by atoms with E-state index in [1.54, 1.807) is 12.1 Å². The summed E-state index contributed by atoms with van der Waals surface area (Å²) < 4.78 is 31.6. The number of para-hydroxylation sites is 2. The summed E-state index contributed by atoms with van der Waals surface area (Å²) >= 11 is 0. The lowest BCUT2D eigenvalue weighted by molar-refractivity contribution is -0.645. The summed E-state index contributed by atoms with van der Waals surface area (Å²) in [5.41, 5.74) is 3.16. The van der Waals surface area contributed by atoms with Gasteiger partial charge in [0.25, 0.3) is 10.1 Å². The van der Waals surface area contributed by atoms with Crippen molar-refractivity contribution >= 4 is 21.2 Å². The first-order valence-corrected chi connectivity index (χ1v) is 8.05. The van der Waals surface area contributed by atoms with Crippen molar-refractivity contribution in [2.75, 3.05) is 0 Å². The number of benzene rings is 2. The lowest BCUT2D eigenvalue weighted by Gasteiger charge is -1.95. The molecule has 0 saturated heterocycles. The topological polar surface area (TPSA) is 71.1 Å². The molecule has 22 heavy (non-hydrogen) atoms. The van der Waals surface area contributed by atoms with Crippen LogP contribution in [0.3, 0.4) is 0 Å². The zero-order valence-corrected chi connectivity index (χ0v) is 13.2. The van der Waals surface area contributed by atoms with Crippen LogP contribution in [0.2, 0.25) is 0 Å². The molecule has 0 spiro atoms. The van der Waals surface area contributed by atoms with Crippen molar-refractivity contribution in [2.45, 2.75) is 11.8 Å². The molecular formula is C16H17N2O3S+. The molecule has 3 rings (SSSR count). The Morgan fingerprint density at radius 3 is 2.27 bits per heavy atom. The Kier molecular flexibility index (Phi) is 4.85. The van der Waals surface area contributed by atoms with Gasteiger partial charge in [-0.2, -0.15) is 13.0 Å². The Bertz CT molecular complexity index is 870. The van der Waals surface area contributed by atoms with Gasteiger partial charge < -0.3 is 0 Å². The molecule has 1 heterocycles. The predicted octanol–water partition coefficient (Wildman–Crippen LogP) is 2.30. The van der Waals surface area contributed by atoms with Crippen molar-refractivity contribution in [1.29, 1.82) is 0 Å². The van der Waals surface area contributed by atoms with Crippen LogP contribution >= 0.6 is 0 Å². The Morgan fingerprint density at radius 1 is 1.05 bits per heavy atom. The van der Waals surface area contributed by atoms with Gasteiger partial charge in [0.05, 0.1) is 11.1 Å². The van der Waals surface area contributed by atoms with Crippen LogP contribution in [0.1, 0.15) is 5.56 Å². The fraction of sp³-hybridized carbons (Fsp3) is 0.125. The van der Waals surface area contributed by atoms with Crippen molar-refractivity contribution in [1.82, 2.24) is 4.98 Å². The van der Waals surface area contributed by atoms with Crippen LogP contribution < -0.4 is 4.57 Å².